The lowest BCUT2D eigenvalue weighted by Crippen LogP contribution is -2.45. The van der Waals surface area contributed by atoms with E-state index in [2.05, 4.69) is 63.8 Å². The third-order valence-electron chi connectivity index (χ3n) is 3.94. The quantitative estimate of drug-likeness (QED) is 0.671. The Morgan fingerprint density at radius 3 is 2.79 bits per heavy atom. The van der Waals surface area contributed by atoms with Gasteiger partial charge in [0, 0.05) is 16.4 Å². The molecule has 2 nitrogen and oxygen atoms in total. The van der Waals surface area contributed by atoms with Crippen molar-refractivity contribution in [3.8, 4) is 0 Å². The number of benzene rings is 2. The zero-order valence-electron chi connectivity index (χ0n) is 10.6. The van der Waals surface area contributed by atoms with Gasteiger partial charge in [0.15, 0.2) is 0 Å². The van der Waals surface area contributed by atoms with E-state index in [-0.39, 0.29) is 0 Å². The van der Waals surface area contributed by atoms with Gasteiger partial charge in [-0.25, -0.2) is 0 Å². The van der Waals surface area contributed by atoms with Crippen LogP contribution < -0.4 is 11.3 Å². The van der Waals surface area contributed by atoms with Gasteiger partial charge >= 0.3 is 0 Å². The molecule has 2 atom stereocenters. The summed E-state index contributed by atoms with van der Waals surface area (Å²) < 4.78 is 1.12. The molecule has 2 aromatic rings. The van der Waals surface area contributed by atoms with Gasteiger partial charge in [0.2, 0.25) is 0 Å². The molecular formula is C16H17BrN2. The molecule has 0 bridgehead atoms. The molecule has 1 aliphatic carbocycles. The lowest BCUT2D eigenvalue weighted by molar-refractivity contribution is 0.404. The molecule has 0 spiro atoms. The fourth-order valence-corrected chi connectivity index (χ4v) is 3.34. The highest BCUT2D eigenvalue weighted by Crippen LogP contribution is 2.38. The van der Waals surface area contributed by atoms with Crippen LogP contribution in [0.4, 0.5) is 0 Å². The minimum Gasteiger partial charge on any atom is -0.271 e. The van der Waals surface area contributed by atoms with Crippen LogP contribution in [-0.2, 0) is 12.8 Å². The van der Waals surface area contributed by atoms with Crippen LogP contribution in [-0.4, -0.2) is 6.04 Å². The minimum atomic E-state index is 0.296. The van der Waals surface area contributed by atoms with Crippen LogP contribution in [0.2, 0.25) is 0 Å². The summed E-state index contributed by atoms with van der Waals surface area (Å²) in [6.45, 7) is 0. The Balaban J connectivity index is 1.76. The summed E-state index contributed by atoms with van der Waals surface area (Å²) >= 11 is 3.52. The molecule has 19 heavy (non-hydrogen) atoms. The summed E-state index contributed by atoms with van der Waals surface area (Å²) in [5, 5.41) is 0. The second-order valence-electron chi connectivity index (χ2n) is 5.12. The molecule has 0 saturated carbocycles. The van der Waals surface area contributed by atoms with E-state index >= 15 is 0 Å². The summed E-state index contributed by atoms with van der Waals surface area (Å²) in [6.07, 6.45) is 2.08. The molecule has 0 heterocycles. The first-order valence-corrected chi connectivity index (χ1v) is 7.35. The van der Waals surface area contributed by atoms with E-state index in [4.69, 9.17) is 5.84 Å². The van der Waals surface area contributed by atoms with Crippen LogP contribution in [0.25, 0.3) is 0 Å². The highest BCUT2D eigenvalue weighted by molar-refractivity contribution is 9.10. The number of hydrazine groups is 1. The van der Waals surface area contributed by atoms with Crippen LogP contribution in [0, 0.1) is 0 Å². The van der Waals surface area contributed by atoms with E-state index in [1.807, 2.05) is 6.07 Å². The summed E-state index contributed by atoms with van der Waals surface area (Å²) in [4.78, 5) is 0. The van der Waals surface area contributed by atoms with Crippen molar-refractivity contribution >= 4 is 15.9 Å². The standard InChI is InChI=1S/C16H17BrN2/c17-13-6-3-4-11(8-13)9-16(19-18)15-10-12-5-1-2-7-14(12)15/h1-8,15-16,19H,9-10,18H2. The number of fused-ring (bicyclic) bond motifs is 1. The molecule has 98 valence electrons. The van der Waals surface area contributed by atoms with Crippen molar-refractivity contribution in [3.63, 3.8) is 0 Å². The largest absolute Gasteiger partial charge is 0.271 e. The Morgan fingerprint density at radius 1 is 1.21 bits per heavy atom. The first kappa shape index (κ1) is 12.9. The molecule has 0 aliphatic heterocycles. The van der Waals surface area contributed by atoms with Crippen molar-refractivity contribution in [2.75, 3.05) is 0 Å². The van der Waals surface area contributed by atoms with Crippen LogP contribution in [0.3, 0.4) is 0 Å². The fourth-order valence-electron chi connectivity index (χ4n) is 2.89. The highest BCUT2D eigenvalue weighted by atomic mass is 79.9. The predicted octanol–water partition coefficient (Wildman–Crippen LogP) is 3.16. The van der Waals surface area contributed by atoms with E-state index in [0.29, 0.717) is 12.0 Å². The Morgan fingerprint density at radius 2 is 2.05 bits per heavy atom. The minimum absolute atomic E-state index is 0.296. The van der Waals surface area contributed by atoms with Gasteiger partial charge in [-0.15, -0.1) is 0 Å². The zero-order chi connectivity index (χ0) is 13.2. The molecule has 3 N–H and O–H groups in total. The molecule has 0 fully saturated rings. The maximum Gasteiger partial charge on any atom is 0.0322 e. The van der Waals surface area contributed by atoms with Gasteiger partial charge in [0.1, 0.15) is 0 Å². The number of rotatable bonds is 4. The SMILES string of the molecule is NNC(Cc1cccc(Br)c1)C1Cc2ccccc21. The third-order valence-corrected chi connectivity index (χ3v) is 4.43. The van der Waals surface area contributed by atoms with Gasteiger partial charge in [0.05, 0.1) is 0 Å². The Bertz CT molecular complexity index is 582. The molecular weight excluding hydrogens is 300 g/mol. The lowest BCUT2D eigenvalue weighted by atomic mass is 9.72. The molecule has 0 radical (unpaired) electrons. The van der Waals surface area contributed by atoms with Crippen molar-refractivity contribution in [2.24, 2.45) is 5.84 Å². The monoisotopic (exact) mass is 316 g/mol. The molecule has 0 aromatic heterocycles. The normalized spacial score (nSPS) is 18.5. The average Bonchev–Trinajstić information content (AvgIpc) is 2.39. The van der Waals surface area contributed by atoms with Gasteiger partial charge in [-0.2, -0.15) is 0 Å². The molecule has 1 aliphatic rings. The van der Waals surface area contributed by atoms with Crippen LogP contribution >= 0.6 is 15.9 Å². The van der Waals surface area contributed by atoms with Crippen LogP contribution in [0.1, 0.15) is 22.6 Å². The lowest BCUT2D eigenvalue weighted by Gasteiger charge is -2.36. The number of hydrogen-bond acceptors (Lipinski definition) is 2. The predicted molar refractivity (Wildman–Crippen MR) is 81.8 cm³/mol. The molecule has 0 amide bonds. The Labute approximate surface area is 122 Å². The second kappa shape index (κ2) is 5.45. The molecule has 0 saturated heterocycles. The highest BCUT2D eigenvalue weighted by Gasteiger charge is 2.32. The van der Waals surface area contributed by atoms with E-state index in [1.165, 1.54) is 16.7 Å². The van der Waals surface area contributed by atoms with Crippen molar-refractivity contribution in [1.82, 2.24) is 5.43 Å². The smallest absolute Gasteiger partial charge is 0.0322 e. The number of halogens is 1. The summed E-state index contributed by atoms with van der Waals surface area (Å²) in [5.41, 5.74) is 7.21. The van der Waals surface area contributed by atoms with Gasteiger partial charge < -0.3 is 0 Å². The van der Waals surface area contributed by atoms with Gasteiger partial charge in [-0.1, -0.05) is 52.3 Å². The first-order chi connectivity index (χ1) is 9.28. The van der Waals surface area contributed by atoms with Crippen molar-refractivity contribution < 1.29 is 0 Å². The maximum absolute atomic E-state index is 5.76. The van der Waals surface area contributed by atoms with Gasteiger partial charge in [-0.3, -0.25) is 11.3 Å². The summed E-state index contributed by atoms with van der Waals surface area (Å²) in [5.74, 6) is 6.29. The van der Waals surface area contributed by atoms with Gasteiger partial charge in [0.25, 0.3) is 0 Å². The van der Waals surface area contributed by atoms with E-state index < -0.39 is 0 Å². The van der Waals surface area contributed by atoms with E-state index in [0.717, 1.165) is 17.3 Å². The number of nitrogens with one attached hydrogen (secondary N) is 1. The van der Waals surface area contributed by atoms with Crippen molar-refractivity contribution in [3.05, 3.63) is 69.7 Å². The Kier molecular flexibility index (Phi) is 3.69. The molecule has 3 rings (SSSR count). The molecule has 2 unspecified atom stereocenters. The summed E-state index contributed by atoms with van der Waals surface area (Å²) in [7, 11) is 0. The molecule has 2 aromatic carbocycles. The number of hydrogen-bond donors (Lipinski definition) is 2. The fraction of sp³-hybridized carbons (Fsp3) is 0.250. The topological polar surface area (TPSA) is 38.0 Å². The number of nitrogens with two attached hydrogens (primary N) is 1. The maximum atomic E-state index is 5.76. The van der Waals surface area contributed by atoms with Crippen molar-refractivity contribution in [2.45, 2.75) is 24.8 Å². The Hall–Kier alpha value is -1.16. The van der Waals surface area contributed by atoms with E-state index in [9.17, 15) is 0 Å². The summed E-state index contributed by atoms with van der Waals surface area (Å²) in [6, 6.07) is 17.4. The third kappa shape index (κ3) is 2.59. The van der Waals surface area contributed by atoms with Crippen molar-refractivity contribution in [1.29, 1.82) is 0 Å². The van der Waals surface area contributed by atoms with Crippen LogP contribution in [0.5, 0.6) is 0 Å². The second-order valence-corrected chi connectivity index (χ2v) is 6.03. The van der Waals surface area contributed by atoms with Crippen LogP contribution in [0.15, 0.2) is 53.0 Å². The first-order valence-electron chi connectivity index (χ1n) is 6.56. The van der Waals surface area contributed by atoms with Gasteiger partial charge in [-0.05, 0) is 41.7 Å². The zero-order valence-corrected chi connectivity index (χ0v) is 12.2. The molecule has 3 heteroatoms. The van der Waals surface area contributed by atoms with E-state index in [1.54, 1.807) is 0 Å². The average molecular weight is 317 g/mol.